The number of morpholine rings is 1. The third-order valence-corrected chi connectivity index (χ3v) is 5.99. The first-order valence-electron chi connectivity index (χ1n) is 9.09. The molecule has 0 unspecified atom stereocenters. The minimum Gasteiger partial charge on any atom is -0.379 e. The van der Waals surface area contributed by atoms with E-state index >= 15 is 0 Å². The molecule has 7 heteroatoms. The molecule has 0 radical (unpaired) electrons. The first-order chi connectivity index (χ1) is 12.2. The molecule has 0 N–H and O–H groups in total. The number of tetrazole rings is 1. The molecule has 134 valence electrons. The van der Waals surface area contributed by atoms with Crippen molar-refractivity contribution < 1.29 is 4.74 Å². The smallest absolute Gasteiger partial charge is 0.176 e. The summed E-state index contributed by atoms with van der Waals surface area (Å²) in [6, 6.07) is 6.01. The Morgan fingerprint density at radius 1 is 1.12 bits per heavy atom. The van der Waals surface area contributed by atoms with E-state index in [4.69, 9.17) is 16.3 Å². The van der Waals surface area contributed by atoms with Crippen LogP contribution in [0.3, 0.4) is 0 Å². The molecule has 1 aromatic heterocycles. The van der Waals surface area contributed by atoms with E-state index in [9.17, 15) is 0 Å². The largest absolute Gasteiger partial charge is 0.379 e. The fraction of sp³-hybridized carbons (Fsp3) is 0.611. The van der Waals surface area contributed by atoms with Crippen molar-refractivity contribution in [1.29, 1.82) is 0 Å². The lowest BCUT2D eigenvalue weighted by Gasteiger charge is -2.46. The Kier molecular flexibility index (Phi) is 4.75. The summed E-state index contributed by atoms with van der Waals surface area (Å²) in [4.78, 5) is 2.54. The van der Waals surface area contributed by atoms with Crippen LogP contribution in [0.15, 0.2) is 18.2 Å². The van der Waals surface area contributed by atoms with Gasteiger partial charge in [0, 0.05) is 18.1 Å². The lowest BCUT2D eigenvalue weighted by molar-refractivity contribution is -0.0451. The topological polar surface area (TPSA) is 56.1 Å². The highest BCUT2D eigenvalue weighted by Gasteiger charge is 2.44. The quantitative estimate of drug-likeness (QED) is 0.840. The zero-order chi connectivity index (χ0) is 17.3. The summed E-state index contributed by atoms with van der Waals surface area (Å²) in [5, 5.41) is 13.6. The van der Waals surface area contributed by atoms with Crippen LogP contribution in [-0.2, 0) is 10.3 Å². The molecule has 6 nitrogen and oxygen atoms in total. The Balaban J connectivity index is 1.78. The van der Waals surface area contributed by atoms with E-state index in [0.29, 0.717) is 0 Å². The Morgan fingerprint density at radius 3 is 2.60 bits per heavy atom. The lowest BCUT2D eigenvalue weighted by Crippen LogP contribution is -2.53. The van der Waals surface area contributed by atoms with Gasteiger partial charge >= 0.3 is 0 Å². The van der Waals surface area contributed by atoms with E-state index in [0.717, 1.165) is 61.2 Å². The maximum atomic E-state index is 6.34. The fourth-order valence-corrected chi connectivity index (χ4v) is 4.35. The number of ether oxygens (including phenoxy) is 1. The Bertz CT molecular complexity index is 735. The number of rotatable bonds is 3. The number of nitrogens with zero attached hydrogens (tertiary/aromatic N) is 5. The maximum absolute atomic E-state index is 6.34. The van der Waals surface area contributed by atoms with Gasteiger partial charge in [-0.2, -0.15) is 4.68 Å². The van der Waals surface area contributed by atoms with Gasteiger partial charge in [-0.1, -0.05) is 36.9 Å². The SMILES string of the molecule is Cc1ccc(-n2nnnc2C2(N3CCOCC3)CCCCC2)cc1Cl. The Hall–Kier alpha value is -1.50. The van der Waals surface area contributed by atoms with Crippen LogP contribution in [0.25, 0.3) is 5.69 Å². The highest BCUT2D eigenvalue weighted by atomic mass is 35.5. The van der Waals surface area contributed by atoms with Crippen molar-refractivity contribution in [3.05, 3.63) is 34.6 Å². The molecule has 0 bridgehead atoms. The third kappa shape index (κ3) is 3.07. The van der Waals surface area contributed by atoms with Gasteiger partial charge in [0.05, 0.1) is 24.4 Å². The molecule has 2 aromatic rings. The summed E-state index contributed by atoms with van der Waals surface area (Å²) in [5.74, 6) is 0.939. The lowest BCUT2D eigenvalue weighted by atomic mass is 9.79. The van der Waals surface area contributed by atoms with E-state index in [1.165, 1.54) is 19.3 Å². The van der Waals surface area contributed by atoms with Gasteiger partial charge in [0.25, 0.3) is 0 Å². The predicted octanol–water partition coefficient (Wildman–Crippen LogP) is 3.12. The molecule has 1 saturated heterocycles. The maximum Gasteiger partial charge on any atom is 0.176 e. The van der Waals surface area contributed by atoms with Gasteiger partial charge in [0.15, 0.2) is 5.82 Å². The molecule has 1 aliphatic carbocycles. The number of aromatic nitrogens is 4. The van der Waals surface area contributed by atoms with Gasteiger partial charge in [-0.25, -0.2) is 0 Å². The number of hydrogen-bond acceptors (Lipinski definition) is 5. The standard InChI is InChI=1S/C18H24ClN5O/c1-14-5-6-15(13-16(14)19)24-17(20-21-22-24)18(7-3-2-4-8-18)23-9-11-25-12-10-23/h5-6,13H,2-4,7-12H2,1H3. The molecule has 25 heavy (non-hydrogen) atoms. The van der Waals surface area contributed by atoms with Gasteiger partial charge in [0.1, 0.15) is 0 Å². The van der Waals surface area contributed by atoms with Crippen molar-refractivity contribution >= 4 is 11.6 Å². The van der Waals surface area contributed by atoms with Gasteiger partial charge in [-0.05, 0) is 47.9 Å². The third-order valence-electron chi connectivity index (χ3n) is 5.58. The van der Waals surface area contributed by atoms with Crippen LogP contribution in [0.1, 0.15) is 43.5 Å². The minimum atomic E-state index is -0.108. The van der Waals surface area contributed by atoms with E-state index < -0.39 is 0 Å². The van der Waals surface area contributed by atoms with E-state index in [-0.39, 0.29) is 5.54 Å². The second kappa shape index (κ2) is 7.02. The summed E-state index contributed by atoms with van der Waals surface area (Å²) >= 11 is 6.34. The van der Waals surface area contributed by atoms with Gasteiger partial charge in [0.2, 0.25) is 0 Å². The molecule has 1 saturated carbocycles. The van der Waals surface area contributed by atoms with Crippen LogP contribution in [0.5, 0.6) is 0 Å². The Morgan fingerprint density at radius 2 is 1.88 bits per heavy atom. The molecule has 2 heterocycles. The second-order valence-corrected chi connectivity index (χ2v) is 7.45. The van der Waals surface area contributed by atoms with Crippen molar-refractivity contribution in [2.24, 2.45) is 0 Å². The molecular formula is C18H24ClN5O. The van der Waals surface area contributed by atoms with Crippen LogP contribution in [0, 0.1) is 6.92 Å². The molecule has 1 aromatic carbocycles. The summed E-state index contributed by atoms with van der Waals surface area (Å²) in [6.45, 7) is 5.42. The highest BCUT2D eigenvalue weighted by Crippen LogP contribution is 2.42. The summed E-state index contributed by atoms with van der Waals surface area (Å²) in [7, 11) is 0. The van der Waals surface area contributed by atoms with Crippen molar-refractivity contribution in [3.8, 4) is 5.69 Å². The summed E-state index contributed by atoms with van der Waals surface area (Å²) in [5.41, 5.74) is 1.87. The van der Waals surface area contributed by atoms with Crippen LogP contribution in [0.4, 0.5) is 0 Å². The van der Waals surface area contributed by atoms with Gasteiger partial charge < -0.3 is 4.74 Å². The number of aryl methyl sites for hydroxylation is 1. The van der Waals surface area contributed by atoms with Crippen LogP contribution in [-0.4, -0.2) is 51.4 Å². The van der Waals surface area contributed by atoms with Crippen LogP contribution in [0.2, 0.25) is 5.02 Å². The average molecular weight is 362 g/mol. The molecular weight excluding hydrogens is 338 g/mol. The molecule has 0 spiro atoms. The van der Waals surface area contributed by atoms with Gasteiger partial charge in [-0.15, -0.1) is 5.10 Å². The molecule has 4 rings (SSSR count). The zero-order valence-electron chi connectivity index (χ0n) is 14.6. The van der Waals surface area contributed by atoms with Crippen molar-refractivity contribution in [3.63, 3.8) is 0 Å². The number of halogens is 1. The van der Waals surface area contributed by atoms with Crippen LogP contribution < -0.4 is 0 Å². The second-order valence-electron chi connectivity index (χ2n) is 7.04. The van der Waals surface area contributed by atoms with Gasteiger partial charge in [-0.3, -0.25) is 4.90 Å². The first kappa shape index (κ1) is 16.9. The predicted molar refractivity (Wildman–Crippen MR) is 96.1 cm³/mol. The van der Waals surface area contributed by atoms with E-state index in [1.54, 1.807) is 0 Å². The normalized spacial score (nSPS) is 21.4. The monoisotopic (exact) mass is 361 g/mol. The van der Waals surface area contributed by atoms with Crippen molar-refractivity contribution in [1.82, 2.24) is 25.1 Å². The Labute approximate surface area is 153 Å². The van der Waals surface area contributed by atoms with E-state index in [1.807, 2.05) is 29.8 Å². The molecule has 2 aliphatic rings. The summed E-state index contributed by atoms with van der Waals surface area (Å²) in [6.07, 6.45) is 5.88. The molecule has 1 aliphatic heterocycles. The first-order valence-corrected chi connectivity index (χ1v) is 9.47. The van der Waals surface area contributed by atoms with E-state index in [2.05, 4.69) is 20.4 Å². The fourth-order valence-electron chi connectivity index (χ4n) is 4.17. The molecule has 0 atom stereocenters. The zero-order valence-corrected chi connectivity index (χ0v) is 15.4. The number of benzene rings is 1. The average Bonchev–Trinajstić information content (AvgIpc) is 3.16. The number of hydrogen-bond donors (Lipinski definition) is 0. The van der Waals surface area contributed by atoms with Crippen molar-refractivity contribution in [2.45, 2.75) is 44.6 Å². The van der Waals surface area contributed by atoms with Crippen LogP contribution >= 0.6 is 11.6 Å². The molecule has 2 fully saturated rings. The highest BCUT2D eigenvalue weighted by molar-refractivity contribution is 6.31. The van der Waals surface area contributed by atoms with Crippen molar-refractivity contribution in [2.75, 3.05) is 26.3 Å². The molecule has 0 amide bonds. The minimum absolute atomic E-state index is 0.108. The summed E-state index contributed by atoms with van der Waals surface area (Å²) < 4.78 is 7.46.